The first-order chi connectivity index (χ1) is 16.5. The van der Waals surface area contributed by atoms with Gasteiger partial charge in [0.25, 0.3) is 5.91 Å². The van der Waals surface area contributed by atoms with Crippen LogP contribution < -0.4 is 10.2 Å². The summed E-state index contributed by atoms with van der Waals surface area (Å²) in [5.74, 6) is -1.10. The van der Waals surface area contributed by atoms with Gasteiger partial charge in [0.15, 0.2) is 0 Å². The van der Waals surface area contributed by atoms with E-state index in [1.807, 2.05) is 43.3 Å². The Hall–Kier alpha value is -4.06. The van der Waals surface area contributed by atoms with Crippen molar-refractivity contribution in [2.75, 3.05) is 10.2 Å². The number of carbonyl (C=O) groups is 3. The van der Waals surface area contributed by atoms with E-state index < -0.39 is 0 Å². The predicted octanol–water partition coefficient (Wildman–Crippen LogP) is 4.77. The molecule has 2 heterocycles. The Morgan fingerprint density at radius 1 is 0.912 bits per heavy atom. The lowest BCUT2D eigenvalue weighted by molar-refractivity contribution is -0.122. The van der Waals surface area contributed by atoms with Crippen LogP contribution in [0.5, 0.6) is 0 Å². The lowest BCUT2D eigenvalue weighted by atomic mass is 9.82. The fourth-order valence-corrected chi connectivity index (χ4v) is 4.70. The van der Waals surface area contributed by atoms with E-state index in [4.69, 9.17) is 0 Å². The second-order valence-corrected chi connectivity index (χ2v) is 8.95. The topological polar surface area (TPSA) is 79.4 Å². The summed E-state index contributed by atoms with van der Waals surface area (Å²) in [7, 11) is 0. The molecule has 2 aromatic carbocycles. The number of benzene rings is 2. The fourth-order valence-electron chi connectivity index (χ4n) is 4.70. The third-order valence-corrected chi connectivity index (χ3v) is 6.58. The molecule has 5 rings (SSSR count). The van der Waals surface area contributed by atoms with Crippen LogP contribution in [0.25, 0.3) is 0 Å². The molecule has 1 saturated heterocycles. The second kappa shape index (κ2) is 9.06. The number of nitrogens with zero attached hydrogens (tertiary/aromatic N) is 2. The van der Waals surface area contributed by atoms with Crippen molar-refractivity contribution in [3.63, 3.8) is 0 Å². The maximum atomic E-state index is 12.9. The van der Waals surface area contributed by atoms with E-state index >= 15 is 0 Å². The highest BCUT2D eigenvalue weighted by molar-refractivity contribution is 6.22. The Balaban J connectivity index is 1.24. The number of imide groups is 1. The summed E-state index contributed by atoms with van der Waals surface area (Å²) in [6, 6.07) is 18.3. The number of allylic oxidation sites excluding steroid dienone is 2. The molecule has 34 heavy (non-hydrogen) atoms. The fraction of sp³-hybridized carbons (Fsp3) is 0.214. The van der Waals surface area contributed by atoms with Crippen LogP contribution in [0.1, 0.15) is 41.3 Å². The van der Waals surface area contributed by atoms with Crippen LogP contribution in [0, 0.1) is 11.8 Å². The number of nitrogens with one attached hydrogen (secondary N) is 1. The van der Waals surface area contributed by atoms with E-state index in [0.717, 1.165) is 17.6 Å². The molecule has 2 atom stereocenters. The average Bonchev–Trinajstić information content (AvgIpc) is 3.10. The summed E-state index contributed by atoms with van der Waals surface area (Å²) >= 11 is 0. The molecule has 170 valence electrons. The molecule has 3 aromatic rings. The smallest absolute Gasteiger partial charge is 0.255 e. The van der Waals surface area contributed by atoms with Gasteiger partial charge in [0.2, 0.25) is 11.8 Å². The molecule has 0 spiro atoms. The van der Waals surface area contributed by atoms with Crippen LogP contribution in [0.4, 0.5) is 11.4 Å². The number of hydrogen-bond donors (Lipinski definition) is 1. The molecule has 0 radical (unpaired) electrons. The van der Waals surface area contributed by atoms with Crippen LogP contribution in [0.3, 0.4) is 0 Å². The van der Waals surface area contributed by atoms with Gasteiger partial charge in [-0.25, -0.2) is 0 Å². The molecule has 1 aliphatic heterocycles. The maximum Gasteiger partial charge on any atom is 0.255 e. The van der Waals surface area contributed by atoms with Gasteiger partial charge >= 0.3 is 0 Å². The lowest BCUT2D eigenvalue weighted by Crippen LogP contribution is -2.30. The van der Waals surface area contributed by atoms with Crippen molar-refractivity contribution in [2.45, 2.75) is 26.2 Å². The van der Waals surface area contributed by atoms with Gasteiger partial charge in [-0.1, -0.05) is 23.8 Å². The largest absolute Gasteiger partial charge is 0.322 e. The first-order valence-corrected chi connectivity index (χ1v) is 11.4. The van der Waals surface area contributed by atoms with E-state index in [1.165, 1.54) is 10.5 Å². The maximum absolute atomic E-state index is 12.9. The van der Waals surface area contributed by atoms with Crippen LogP contribution >= 0.6 is 0 Å². The molecular formula is C28H25N3O3. The highest BCUT2D eigenvalue weighted by Crippen LogP contribution is 2.39. The van der Waals surface area contributed by atoms with Crippen LogP contribution in [0.2, 0.25) is 0 Å². The third-order valence-electron chi connectivity index (χ3n) is 6.58. The van der Waals surface area contributed by atoms with Crippen LogP contribution in [-0.2, 0) is 16.0 Å². The number of carbonyl (C=O) groups excluding carboxylic acids is 3. The quantitative estimate of drug-likeness (QED) is 0.448. The van der Waals surface area contributed by atoms with Crippen molar-refractivity contribution in [3.8, 4) is 0 Å². The van der Waals surface area contributed by atoms with Crippen molar-refractivity contribution >= 4 is 29.1 Å². The molecule has 6 nitrogen and oxygen atoms in total. The Morgan fingerprint density at radius 2 is 1.56 bits per heavy atom. The molecule has 1 aromatic heterocycles. The van der Waals surface area contributed by atoms with Crippen molar-refractivity contribution < 1.29 is 14.4 Å². The zero-order chi connectivity index (χ0) is 23.7. The predicted molar refractivity (Wildman–Crippen MR) is 130 cm³/mol. The van der Waals surface area contributed by atoms with Crippen molar-refractivity contribution in [3.05, 3.63) is 101 Å². The van der Waals surface area contributed by atoms with E-state index in [9.17, 15) is 14.4 Å². The summed E-state index contributed by atoms with van der Waals surface area (Å²) in [4.78, 5) is 43.8. The van der Waals surface area contributed by atoms with Gasteiger partial charge in [-0.2, -0.15) is 0 Å². The lowest BCUT2D eigenvalue weighted by Gasteiger charge is -2.18. The minimum absolute atomic E-state index is 0.147. The Morgan fingerprint density at radius 3 is 2.26 bits per heavy atom. The molecule has 1 N–H and O–H groups in total. The number of fused-ring (bicyclic) bond motifs is 1. The zero-order valence-electron chi connectivity index (χ0n) is 18.9. The summed E-state index contributed by atoms with van der Waals surface area (Å²) in [5, 5.41) is 2.90. The monoisotopic (exact) mass is 451 g/mol. The molecular weight excluding hydrogens is 426 g/mol. The molecule has 2 aliphatic rings. The summed E-state index contributed by atoms with van der Waals surface area (Å²) < 4.78 is 0. The SMILES string of the molecule is CC1=CC[C@H]2C(=O)N(c3ccc(C(=O)Nc4ccc(Cc5ccncc5)cc4)cc3)C(=O)[C@H]2C1. The highest BCUT2D eigenvalue weighted by atomic mass is 16.2. The van der Waals surface area contributed by atoms with E-state index in [2.05, 4.69) is 16.4 Å². The van der Waals surface area contributed by atoms with Crippen molar-refractivity contribution in [1.82, 2.24) is 4.98 Å². The van der Waals surface area contributed by atoms with E-state index in [0.29, 0.717) is 29.8 Å². The van der Waals surface area contributed by atoms with Crippen LogP contribution in [0.15, 0.2) is 84.7 Å². The van der Waals surface area contributed by atoms with E-state index in [1.54, 1.807) is 36.7 Å². The number of anilines is 2. The third kappa shape index (κ3) is 4.27. The minimum atomic E-state index is -0.277. The van der Waals surface area contributed by atoms with Crippen molar-refractivity contribution in [1.29, 1.82) is 0 Å². The Bertz CT molecular complexity index is 1260. The molecule has 0 bridgehead atoms. The molecule has 1 aliphatic carbocycles. The average molecular weight is 452 g/mol. The van der Waals surface area contributed by atoms with Crippen LogP contribution in [-0.4, -0.2) is 22.7 Å². The molecule has 1 fully saturated rings. The van der Waals surface area contributed by atoms with Gasteiger partial charge in [-0.05, 0) is 85.8 Å². The van der Waals surface area contributed by atoms with Gasteiger partial charge in [0.1, 0.15) is 0 Å². The molecule has 3 amide bonds. The molecule has 6 heteroatoms. The molecule has 0 saturated carbocycles. The number of aromatic nitrogens is 1. The van der Waals surface area contributed by atoms with Gasteiger partial charge in [-0.15, -0.1) is 0 Å². The first kappa shape index (κ1) is 21.8. The van der Waals surface area contributed by atoms with E-state index in [-0.39, 0.29) is 29.6 Å². The number of amides is 3. The Kier molecular flexibility index (Phi) is 5.80. The summed E-state index contributed by atoms with van der Waals surface area (Å²) in [5.41, 5.74) is 5.13. The summed E-state index contributed by atoms with van der Waals surface area (Å²) in [6.45, 7) is 2.00. The number of hydrogen-bond acceptors (Lipinski definition) is 4. The van der Waals surface area contributed by atoms with Gasteiger partial charge < -0.3 is 5.32 Å². The number of pyridine rings is 1. The van der Waals surface area contributed by atoms with Gasteiger partial charge in [-0.3, -0.25) is 24.3 Å². The standard InChI is InChI=1S/C28H25N3O3/c1-18-2-11-24-25(16-18)28(34)31(27(24)33)23-9-5-21(6-10-23)26(32)30-22-7-3-19(4-8-22)17-20-12-14-29-15-13-20/h2-10,12-15,24-25H,11,16-17H2,1H3,(H,30,32)/t24-,25+/m1/s1. The zero-order valence-corrected chi connectivity index (χ0v) is 18.9. The molecule has 0 unspecified atom stereocenters. The Labute approximate surface area is 198 Å². The number of rotatable bonds is 5. The summed E-state index contributed by atoms with van der Waals surface area (Å²) in [6.07, 6.45) is 7.64. The second-order valence-electron chi connectivity index (χ2n) is 8.95. The van der Waals surface area contributed by atoms with Gasteiger partial charge in [0, 0.05) is 23.6 Å². The minimum Gasteiger partial charge on any atom is -0.322 e. The normalized spacial score (nSPS) is 19.6. The van der Waals surface area contributed by atoms with Gasteiger partial charge in [0.05, 0.1) is 17.5 Å². The highest BCUT2D eigenvalue weighted by Gasteiger charge is 2.48. The first-order valence-electron chi connectivity index (χ1n) is 11.4. The van der Waals surface area contributed by atoms with Crippen molar-refractivity contribution in [2.24, 2.45) is 11.8 Å².